The van der Waals surface area contributed by atoms with Crippen molar-refractivity contribution in [1.29, 1.82) is 10.5 Å². The molecule has 103 heavy (non-hydrogen) atoms. The third kappa shape index (κ3) is 13.2. The Bertz CT molecular complexity index is 4360. The minimum absolute atomic E-state index is 0.00611. The van der Waals surface area contributed by atoms with Crippen LogP contribution < -0.4 is 42.6 Å². The van der Waals surface area contributed by atoms with Crippen molar-refractivity contribution in [1.82, 2.24) is 19.6 Å². The Labute approximate surface area is 608 Å². The number of alkyl halides is 2. The molecule has 2 fully saturated rings. The quantitative estimate of drug-likeness (QED) is 0.0304. The number of benzene rings is 6. The molecular weight excluding hydrogens is 1360 g/mol. The number of halogens is 2. The van der Waals surface area contributed by atoms with Gasteiger partial charge < -0.3 is 61.9 Å². The zero-order valence-electron chi connectivity index (χ0n) is 59.1. The van der Waals surface area contributed by atoms with Crippen LogP contribution in [0.2, 0.25) is 0 Å². The number of carbonyl (C=O) groups excluding carboxylic acids is 4. The molecule has 8 aliphatic heterocycles. The van der Waals surface area contributed by atoms with Gasteiger partial charge in [-0.05, 0) is 114 Å². The Morgan fingerprint density at radius 1 is 0.534 bits per heavy atom. The Morgan fingerprint density at radius 3 is 1.39 bits per heavy atom. The maximum Gasteiger partial charge on any atom is 0.312 e. The summed E-state index contributed by atoms with van der Waals surface area (Å²) in [5.41, 5.74) is 11.5. The van der Waals surface area contributed by atoms with Gasteiger partial charge in [-0.15, -0.1) is 23.2 Å². The number of methoxy groups -OCH3 is 3. The number of hydrogen-bond donors (Lipinski definition) is 1. The van der Waals surface area contributed by atoms with Gasteiger partial charge in [-0.1, -0.05) is 72.8 Å². The first-order chi connectivity index (χ1) is 49.9. The van der Waals surface area contributed by atoms with Crippen LogP contribution in [0.4, 0.5) is 0 Å². The minimum atomic E-state index is -0.662. The van der Waals surface area contributed by atoms with E-state index < -0.39 is 42.1 Å². The number of esters is 4. The molecule has 0 saturated carbocycles. The maximum atomic E-state index is 13.4. The first-order valence-corrected chi connectivity index (χ1v) is 35.8. The lowest BCUT2D eigenvalue weighted by molar-refractivity contribution is -0.150. The van der Waals surface area contributed by atoms with Crippen LogP contribution in [-0.2, 0) is 71.9 Å². The van der Waals surface area contributed by atoms with E-state index in [4.69, 9.17) is 80.0 Å². The fourth-order valence-corrected chi connectivity index (χ4v) is 17.6. The molecule has 10 atom stereocenters. The average molecular weight is 1450 g/mol. The third-order valence-corrected chi connectivity index (χ3v) is 22.0. The summed E-state index contributed by atoms with van der Waals surface area (Å²) >= 11 is 11.9. The van der Waals surface area contributed by atoms with E-state index in [9.17, 15) is 34.8 Å². The molecule has 0 amide bonds. The Morgan fingerprint density at radius 2 is 0.961 bits per heavy atom. The van der Waals surface area contributed by atoms with Crippen LogP contribution in [0.15, 0.2) is 72.8 Å². The number of rotatable bonds is 21. The second kappa shape index (κ2) is 30.7. The van der Waals surface area contributed by atoms with Crippen LogP contribution in [0.5, 0.6) is 57.5 Å². The molecule has 14 rings (SSSR count). The van der Waals surface area contributed by atoms with E-state index in [0.717, 1.165) is 50.1 Å². The summed E-state index contributed by atoms with van der Waals surface area (Å²) in [4.78, 5) is 61.5. The molecule has 23 nitrogen and oxygen atoms in total. The van der Waals surface area contributed by atoms with Crippen molar-refractivity contribution in [3.63, 3.8) is 0 Å². The van der Waals surface area contributed by atoms with E-state index in [-0.39, 0.29) is 119 Å². The Hall–Kier alpha value is -9.04. The molecule has 1 N–H and O–H groups in total. The second-order valence-corrected chi connectivity index (χ2v) is 27.9. The summed E-state index contributed by atoms with van der Waals surface area (Å²) in [5.74, 6) is 2.75. The lowest BCUT2D eigenvalue weighted by Crippen LogP contribution is -2.68. The Balaban J connectivity index is 0.000000184. The van der Waals surface area contributed by atoms with E-state index in [1.807, 2.05) is 109 Å². The van der Waals surface area contributed by atoms with Gasteiger partial charge in [0.05, 0.1) is 63.4 Å². The Kier molecular flexibility index (Phi) is 21.6. The number of nitriles is 2. The fraction of sp³-hybridized carbons (Fsp3) is 0.462. The molecule has 8 heterocycles. The van der Waals surface area contributed by atoms with Crippen molar-refractivity contribution in [3.8, 4) is 69.6 Å². The van der Waals surface area contributed by atoms with Gasteiger partial charge in [-0.3, -0.25) is 38.8 Å². The highest BCUT2D eigenvalue weighted by molar-refractivity contribution is 6.19. The van der Waals surface area contributed by atoms with Crippen LogP contribution >= 0.6 is 23.2 Å². The number of phenols is 1. The summed E-state index contributed by atoms with van der Waals surface area (Å²) in [6, 6.07) is 24.4. The van der Waals surface area contributed by atoms with Gasteiger partial charge in [0, 0.05) is 100 Å². The van der Waals surface area contributed by atoms with Gasteiger partial charge in [0.2, 0.25) is 13.6 Å². The number of piperazine rings is 2. The second-order valence-electron chi connectivity index (χ2n) is 27.2. The van der Waals surface area contributed by atoms with E-state index in [1.54, 1.807) is 14.2 Å². The molecule has 6 aromatic rings. The number of fused-ring (bicyclic) bond motifs is 18. The molecule has 0 aromatic heterocycles. The predicted octanol–water partition coefficient (Wildman–Crippen LogP) is 10.7. The number of aromatic hydroxyl groups is 1. The number of hydrogen-bond acceptors (Lipinski definition) is 23. The number of nitrogens with zero attached hydrogens (tertiary/aromatic N) is 6. The first-order valence-electron chi connectivity index (χ1n) is 34.7. The van der Waals surface area contributed by atoms with Crippen molar-refractivity contribution in [2.24, 2.45) is 0 Å². The molecular formula is C78H84Cl2N6O17. The van der Waals surface area contributed by atoms with Crippen LogP contribution in [0.25, 0.3) is 0 Å². The van der Waals surface area contributed by atoms with Gasteiger partial charge >= 0.3 is 23.9 Å². The van der Waals surface area contributed by atoms with Gasteiger partial charge in [-0.2, -0.15) is 10.5 Å². The fourth-order valence-electron chi connectivity index (χ4n) is 17.3. The SMILES string of the molecule is COCOc1c(OC)c(C)cc2c1[C@@H]1C3Cc4c(OC(=O)CCCl)c(C)c5c(c4[C@H](COC(=O)CCc4ccccc4)N3[C@@H](C#N)[C@H](C2)N1C)OCO5.COc1c(C)cc2c(c1O)[C@@H]1C3Cc4c(OC(=O)CCCl)c(C)c5c(c4[C@H](COC(=O)CCc4ccccc4)N3[C@@H](C#N)[C@H](C2)N1C)OCO5. The summed E-state index contributed by atoms with van der Waals surface area (Å²) in [5, 5.41) is 33.6. The van der Waals surface area contributed by atoms with Gasteiger partial charge in [0.25, 0.3) is 0 Å². The van der Waals surface area contributed by atoms with Gasteiger partial charge in [-0.25, -0.2) is 0 Å². The lowest BCUT2D eigenvalue weighted by Gasteiger charge is -2.59. The van der Waals surface area contributed by atoms with Gasteiger partial charge in [0.15, 0.2) is 52.8 Å². The standard InChI is InChI=1S/C40H44ClN3O9.C38H40ClN3O8/c1-22-15-25-16-27-29(18-42)44-28(35(43(27)3)33(25)39(36(22)48-5)50-20-47-4)17-26-34(30(44)19-49-31(45)12-11-24-9-7-6-8-10-24)40-38(51-21-52-40)23(2)37(26)53-32(46)13-14-41;1-20-14-23-15-25-27(17-40)42-26(33(41(25)3)31(23)34(45)35(20)46-4)16-24-32(28(42)18-47-29(43)11-10-22-8-6-5-7-9-22)38-37(48-19-49-38)21(2)36(24)50-30(44)12-13-39/h6-10,15,27-30,35H,11-14,16-17,19-21H2,1-5H3;5-9,14,25-28,33,45H,10-13,15-16,18-19H2,1-4H3/t27-,28?,29-,30-,35-;25-,26?,27-,28-,33-/m00/s1. The topological polar surface area (TPSA) is 260 Å². The smallest absolute Gasteiger partial charge is 0.312 e. The van der Waals surface area contributed by atoms with Crippen LogP contribution in [0.1, 0.15) is 128 Å². The van der Waals surface area contributed by atoms with Gasteiger partial charge in [0.1, 0.15) is 36.8 Å². The third-order valence-electron chi connectivity index (χ3n) is 21.6. The monoisotopic (exact) mass is 1450 g/mol. The van der Waals surface area contributed by atoms with Crippen LogP contribution in [0, 0.1) is 50.4 Å². The summed E-state index contributed by atoms with van der Waals surface area (Å²) in [7, 11) is 8.74. The lowest BCUT2D eigenvalue weighted by atomic mass is 9.71. The molecule has 0 radical (unpaired) electrons. The van der Waals surface area contributed by atoms with E-state index >= 15 is 0 Å². The molecule has 6 aromatic carbocycles. The minimum Gasteiger partial charge on any atom is -0.504 e. The van der Waals surface area contributed by atoms with Crippen molar-refractivity contribution < 1.29 is 81.1 Å². The number of likely N-dealkylation sites (N-methyl/N-ethyl adjacent to an activating group) is 2. The maximum absolute atomic E-state index is 13.4. The average Bonchev–Trinajstić information content (AvgIpc) is 1.37. The largest absolute Gasteiger partial charge is 0.504 e. The molecule has 4 bridgehead atoms. The normalized spacial score (nSPS) is 22.9. The summed E-state index contributed by atoms with van der Waals surface area (Å²) in [6.45, 7) is 7.32. The molecule has 25 heteroatoms. The number of carbonyl (C=O) groups is 4. The summed E-state index contributed by atoms with van der Waals surface area (Å²) in [6.07, 6.45) is 3.22. The summed E-state index contributed by atoms with van der Waals surface area (Å²) < 4.78 is 71.7. The zero-order valence-corrected chi connectivity index (χ0v) is 60.7. The van der Waals surface area contributed by atoms with E-state index in [2.05, 4.69) is 37.8 Å². The molecule has 2 unspecified atom stereocenters. The van der Waals surface area contributed by atoms with E-state index in [1.165, 1.54) is 7.11 Å². The van der Waals surface area contributed by atoms with Crippen molar-refractivity contribution in [2.45, 2.75) is 152 Å². The number of ether oxygens (including phenoxy) is 12. The van der Waals surface area contributed by atoms with Crippen molar-refractivity contribution >= 4 is 47.1 Å². The highest BCUT2D eigenvalue weighted by atomic mass is 35.5. The molecule has 542 valence electrons. The van der Waals surface area contributed by atoms with E-state index in [0.29, 0.717) is 118 Å². The highest BCUT2D eigenvalue weighted by Gasteiger charge is 2.60. The number of aryl methyl sites for hydroxylation is 4. The molecule has 0 spiro atoms. The zero-order chi connectivity index (χ0) is 72.7. The van der Waals surface area contributed by atoms with Crippen LogP contribution in [-0.4, -0.2) is 166 Å². The van der Waals surface area contributed by atoms with Crippen LogP contribution in [0.3, 0.4) is 0 Å². The molecule has 0 aliphatic carbocycles. The van der Waals surface area contributed by atoms with Crippen molar-refractivity contribution in [2.75, 3.05) is 80.8 Å². The number of phenolic OH excluding ortho intramolecular Hbond substituents is 1. The first kappa shape index (κ1) is 72.3. The highest BCUT2D eigenvalue weighted by Crippen LogP contribution is 2.61. The molecule has 2 saturated heterocycles. The van der Waals surface area contributed by atoms with Crippen molar-refractivity contribution in [3.05, 3.63) is 151 Å². The predicted molar refractivity (Wildman–Crippen MR) is 377 cm³/mol. The molecule has 8 aliphatic rings.